The Labute approximate surface area is 115 Å². The zero-order chi connectivity index (χ0) is 13.8. The van der Waals surface area contributed by atoms with Gasteiger partial charge in [0.15, 0.2) is 5.16 Å². The van der Waals surface area contributed by atoms with Crippen molar-refractivity contribution in [2.24, 2.45) is 5.73 Å². The van der Waals surface area contributed by atoms with Crippen molar-refractivity contribution in [3.05, 3.63) is 34.6 Å². The molecule has 2 heterocycles. The molecule has 6 nitrogen and oxygen atoms in total. The number of aromatic nitrogens is 3. The van der Waals surface area contributed by atoms with Gasteiger partial charge in [0, 0.05) is 12.6 Å². The number of rotatable bonds is 6. The van der Waals surface area contributed by atoms with Gasteiger partial charge in [-0.2, -0.15) is 0 Å². The van der Waals surface area contributed by atoms with Crippen molar-refractivity contribution in [2.45, 2.75) is 43.3 Å². The predicted octanol–water partition coefficient (Wildman–Crippen LogP) is 1.75. The molecule has 0 spiro atoms. The Morgan fingerprint density at radius 1 is 1.58 bits per heavy atom. The van der Waals surface area contributed by atoms with Crippen LogP contribution in [0.4, 0.5) is 0 Å². The molecule has 2 rings (SSSR count). The fourth-order valence-electron chi connectivity index (χ4n) is 1.81. The lowest BCUT2D eigenvalue weighted by molar-refractivity contribution is 0.472. The highest BCUT2D eigenvalue weighted by atomic mass is 32.2. The van der Waals surface area contributed by atoms with Crippen LogP contribution >= 0.6 is 11.8 Å². The van der Waals surface area contributed by atoms with Crippen LogP contribution in [0.2, 0.25) is 0 Å². The van der Waals surface area contributed by atoms with Gasteiger partial charge >= 0.3 is 5.69 Å². The Morgan fingerprint density at radius 3 is 2.95 bits per heavy atom. The molecule has 0 aliphatic carbocycles. The molecule has 19 heavy (non-hydrogen) atoms. The summed E-state index contributed by atoms with van der Waals surface area (Å²) in [7, 11) is 0. The van der Waals surface area contributed by atoms with E-state index in [1.54, 1.807) is 10.8 Å². The van der Waals surface area contributed by atoms with Crippen LogP contribution in [-0.4, -0.2) is 20.8 Å². The molecular weight excluding hydrogens is 264 g/mol. The summed E-state index contributed by atoms with van der Waals surface area (Å²) in [5, 5.41) is 7.09. The minimum absolute atomic E-state index is 0.0551. The van der Waals surface area contributed by atoms with E-state index in [9.17, 15) is 4.79 Å². The van der Waals surface area contributed by atoms with Crippen molar-refractivity contribution in [2.75, 3.05) is 0 Å². The summed E-state index contributed by atoms with van der Waals surface area (Å²) in [6.45, 7) is 4.51. The second-order valence-corrected chi connectivity index (χ2v) is 5.29. The van der Waals surface area contributed by atoms with Gasteiger partial charge < -0.3 is 10.2 Å². The fourth-order valence-corrected chi connectivity index (χ4v) is 3.09. The van der Waals surface area contributed by atoms with Crippen molar-refractivity contribution in [3.63, 3.8) is 0 Å². The maximum atomic E-state index is 11.6. The molecule has 0 bridgehead atoms. The van der Waals surface area contributed by atoms with Crippen LogP contribution in [0.1, 0.15) is 31.3 Å². The summed E-state index contributed by atoms with van der Waals surface area (Å²) in [5.41, 5.74) is 5.95. The van der Waals surface area contributed by atoms with E-state index in [1.165, 1.54) is 11.8 Å². The first-order chi connectivity index (χ1) is 9.17. The van der Waals surface area contributed by atoms with Gasteiger partial charge in [-0.3, -0.25) is 4.57 Å². The first-order valence-corrected chi connectivity index (χ1v) is 7.16. The first kappa shape index (κ1) is 14.0. The van der Waals surface area contributed by atoms with E-state index in [1.807, 2.05) is 26.0 Å². The molecular formula is C12H18N4O2S. The second-order valence-electron chi connectivity index (χ2n) is 4.18. The van der Waals surface area contributed by atoms with Gasteiger partial charge in [0.05, 0.1) is 11.5 Å². The summed E-state index contributed by atoms with van der Waals surface area (Å²) in [5.74, 6) is 0.803. The van der Waals surface area contributed by atoms with Crippen LogP contribution in [0.25, 0.3) is 0 Å². The minimum atomic E-state index is -0.201. The molecule has 2 atom stereocenters. The maximum absolute atomic E-state index is 11.6. The third-order valence-corrected chi connectivity index (χ3v) is 4.31. The van der Waals surface area contributed by atoms with Gasteiger partial charge in [0.25, 0.3) is 0 Å². The average molecular weight is 282 g/mol. The van der Waals surface area contributed by atoms with Crippen LogP contribution in [-0.2, 0) is 6.54 Å². The third-order valence-electron chi connectivity index (χ3n) is 2.96. The van der Waals surface area contributed by atoms with Gasteiger partial charge in [-0.25, -0.2) is 9.89 Å². The molecule has 104 valence electrons. The van der Waals surface area contributed by atoms with E-state index in [4.69, 9.17) is 10.2 Å². The van der Waals surface area contributed by atoms with Gasteiger partial charge in [0.2, 0.25) is 0 Å². The predicted molar refractivity (Wildman–Crippen MR) is 74.1 cm³/mol. The number of hydrogen-bond acceptors (Lipinski definition) is 5. The van der Waals surface area contributed by atoms with Crippen molar-refractivity contribution < 1.29 is 4.42 Å². The molecule has 0 aromatic carbocycles. The highest BCUT2D eigenvalue weighted by molar-refractivity contribution is 7.99. The summed E-state index contributed by atoms with van der Waals surface area (Å²) in [4.78, 5) is 11.6. The smallest absolute Gasteiger partial charge is 0.343 e. The first-order valence-electron chi connectivity index (χ1n) is 6.28. The molecule has 0 saturated carbocycles. The third kappa shape index (κ3) is 2.93. The lowest BCUT2D eigenvalue weighted by Gasteiger charge is -2.19. The number of thioether (sulfide) groups is 1. The number of nitrogens with zero attached hydrogens (tertiary/aromatic N) is 2. The van der Waals surface area contributed by atoms with E-state index in [-0.39, 0.29) is 17.0 Å². The summed E-state index contributed by atoms with van der Waals surface area (Å²) >= 11 is 1.45. The maximum Gasteiger partial charge on any atom is 0.343 e. The number of aromatic amines is 1. The van der Waals surface area contributed by atoms with E-state index in [2.05, 4.69) is 10.2 Å². The number of nitrogens with one attached hydrogen (secondary N) is 1. The Morgan fingerprint density at radius 2 is 2.37 bits per heavy atom. The highest BCUT2D eigenvalue weighted by Gasteiger charge is 2.25. The van der Waals surface area contributed by atoms with Crippen LogP contribution in [0.15, 0.2) is 32.8 Å². The lowest BCUT2D eigenvalue weighted by atomic mass is 10.1. The zero-order valence-corrected chi connectivity index (χ0v) is 11.8. The molecule has 0 aliphatic rings. The van der Waals surface area contributed by atoms with Crippen LogP contribution in [0, 0.1) is 0 Å². The summed E-state index contributed by atoms with van der Waals surface area (Å²) in [6.07, 6.45) is 2.45. The fraction of sp³-hybridized carbons (Fsp3) is 0.500. The molecule has 0 radical (unpaired) electrons. The standard InChI is InChI=1S/C12H18N4O2S/c1-3-8(13)10(9-6-5-7-18-9)19-12-15-14-11(17)16(12)4-2/h5-8,10H,3-4,13H2,1-2H3,(H,14,17). The zero-order valence-electron chi connectivity index (χ0n) is 11.0. The monoisotopic (exact) mass is 282 g/mol. The van der Waals surface area contributed by atoms with Crippen LogP contribution < -0.4 is 11.4 Å². The Hall–Kier alpha value is -1.47. The number of H-pyrrole nitrogens is 1. The Kier molecular flexibility index (Phi) is 4.49. The quantitative estimate of drug-likeness (QED) is 0.788. The number of hydrogen-bond donors (Lipinski definition) is 2. The van der Waals surface area contributed by atoms with Crippen molar-refractivity contribution >= 4 is 11.8 Å². The molecule has 2 aromatic rings. The molecule has 0 fully saturated rings. The Balaban J connectivity index is 2.28. The van der Waals surface area contributed by atoms with Gasteiger partial charge in [0.1, 0.15) is 5.76 Å². The Bertz CT molecular complexity index is 561. The van der Waals surface area contributed by atoms with Gasteiger partial charge in [-0.1, -0.05) is 18.7 Å². The van der Waals surface area contributed by atoms with Gasteiger partial charge in [-0.05, 0) is 25.5 Å². The largest absolute Gasteiger partial charge is 0.468 e. The molecule has 7 heteroatoms. The van der Waals surface area contributed by atoms with Crippen molar-refractivity contribution in [1.29, 1.82) is 0 Å². The normalized spacial score (nSPS) is 14.5. The molecule has 2 unspecified atom stereocenters. The van der Waals surface area contributed by atoms with Crippen LogP contribution in [0.3, 0.4) is 0 Å². The average Bonchev–Trinajstić information content (AvgIpc) is 3.04. The molecule has 0 aliphatic heterocycles. The van der Waals surface area contributed by atoms with Gasteiger partial charge in [-0.15, -0.1) is 5.10 Å². The minimum Gasteiger partial charge on any atom is -0.468 e. The highest BCUT2D eigenvalue weighted by Crippen LogP contribution is 2.36. The second kappa shape index (κ2) is 6.12. The summed E-state index contributed by atoms with van der Waals surface area (Å²) in [6, 6.07) is 3.67. The number of furan rings is 1. The van der Waals surface area contributed by atoms with E-state index in [0.717, 1.165) is 12.2 Å². The lowest BCUT2D eigenvalue weighted by Crippen LogP contribution is -2.26. The van der Waals surface area contributed by atoms with E-state index in [0.29, 0.717) is 11.7 Å². The van der Waals surface area contributed by atoms with Crippen molar-refractivity contribution in [1.82, 2.24) is 14.8 Å². The molecule has 0 amide bonds. The molecule has 2 aromatic heterocycles. The SMILES string of the molecule is CCC(N)C(Sc1n[nH]c(=O)n1CC)c1ccco1. The van der Waals surface area contributed by atoms with E-state index >= 15 is 0 Å². The molecule has 3 N–H and O–H groups in total. The van der Waals surface area contributed by atoms with Crippen molar-refractivity contribution in [3.8, 4) is 0 Å². The topological polar surface area (TPSA) is 89.8 Å². The molecule has 0 saturated heterocycles. The van der Waals surface area contributed by atoms with E-state index < -0.39 is 0 Å². The number of nitrogens with two attached hydrogens (primary N) is 1. The van der Waals surface area contributed by atoms with Crippen LogP contribution in [0.5, 0.6) is 0 Å². The summed E-state index contributed by atoms with van der Waals surface area (Å²) < 4.78 is 7.03.